The number of rotatable bonds is 6. The Bertz CT molecular complexity index is 313. The molecule has 0 radical (unpaired) electrons. The van der Waals surface area contributed by atoms with E-state index in [0.29, 0.717) is 19.5 Å². The summed E-state index contributed by atoms with van der Waals surface area (Å²) in [5.41, 5.74) is 12.4. The lowest BCUT2D eigenvalue weighted by Crippen LogP contribution is -2.39. The van der Waals surface area contributed by atoms with E-state index in [2.05, 4.69) is 5.32 Å². The fourth-order valence-corrected chi connectivity index (χ4v) is 1.45. The molecule has 0 saturated carbocycles. The first-order chi connectivity index (χ1) is 7.72. The molecule has 0 saturated heterocycles. The van der Waals surface area contributed by atoms with Gasteiger partial charge >= 0.3 is 0 Å². The first kappa shape index (κ1) is 12.7. The van der Waals surface area contributed by atoms with Crippen LogP contribution in [-0.4, -0.2) is 25.0 Å². The molecular weight excluding hydrogens is 202 g/mol. The summed E-state index contributed by atoms with van der Waals surface area (Å²) in [4.78, 5) is 11.2. The predicted molar refractivity (Wildman–Crippen MR) is 64.8 cm³/mol. The maximum Gasteiger partial charge on any atom is 0.221 e. The highest BCUT2D eigenvalue weighted by Crippen LogP contribution is 2.01. The van der Waals surface area contributed by atoms with Crippen LogP contribution in [0.25, 0.3) is 0 Å². The summed E-state index contributed by atoms with van der Waals surface area (Å²) in [6, 6.07) is 9.94. The monoisotopic (exact) mass is 221 g/mol. The predicted octanol–water partition coefficient (Wildman–Crippen LogP) is 0.0214. The number of benzene rings is 1. The highest BCUT2D eigenvalue weighted by atomic mass is 16.1. The maximum atomic E-state index is 11.2. The van der Waals surface area contributed by atoms with Gasteiger partial charge in [-0.05, 0) is 12.0 Å². The van der Waals surface area contributed by atoms with E-state index in [9.17, 15) is 4.79 Å². The Morgan fingerprint density at radius 2 is 2.00 bits per heavy atom. The molecule has 1 amide bonds. The van der Waals surface area contributed by atoms with Crippen molar-refractivity contribution in [1.82, 2.24) is 5.32 Å². The van der Waals surface area contributed by atoms with Gasteiger partial charge < -0.3 is 16.8 Å². The number of carbonyl (C=O) groups excluding carboxylic acids is 1. The topological polar surface area (TPSA) is 81.1 Å². The molecule has 0 bridgehead atoms. The number of hydrogen-bond acceptors (Lipinski definition) is 3. The Labute approximate surface area is 96.0 Å². The summed E-state index contributed by atoms with van der Waals surface area (Å²) in [6.45, 7) is 0.869. The van der Waals surface area contributed by atoms with E-state index in [0.717, 1.165) is 6.42 Å². The molecular formula is C12H19N3O. The first-order valence-corrected chi connectivity index (χ1v) is 5.48. The number of hydrogen-bond donors (Lipinski definition) is 3. The smallest absolute Gasteiger partial charge is 0.221 e. The highest BCUT2D eigenvalue weighted by molar-refractivity contribution is 5.76. The first-order valence-electron chi connectivity index (χ1n) is 5.48. The lowest BCUT2D eigenvalue weighted by Gasteiger charge is -2.12. The summed E-state index contributed by atoms with van der Waals surface area (Å²) < 4.78 is 0. The van der Waals surface area contributed by atoms with Crippen LogP contribution in [0.5, 0.6) is 0 Å². The third-order valence-corrected chi connectivity index (χ3v) is 2.27. The molecule has 0 fully saturated rings. The van der Waals surface area contributed by atoms with Crippen LogP contribution in [-0.2, 0) is 11.2 Å². The van der Waals surface area contributed by atoms with Crippen LogP contribution in [0.1, 0.15) is 12.0 Å². The molecule has 4 nitrogen and oxygen atoms in total. The lowest BCUT2D eigenvalue weighted by molar-refractivity contribution is -0.120. The molecule has 88 valence electrons. The van der Waals surface area contributed by atoms with Crippen molar-refractivity contribution in [3.05, 3.63) is 35.9 Å². The Hall–Kier alpha value is -1.39. The third kappa shape index (κ3) is 4.91. The largest absolute Gasteiger partial charge is 0.354 e. The van der Waals surface area contributed by atoms with Crippen molar-refractivity contribution in [2.75, 3.05) is 13.1 Å². The molecule has 0 unspecified atom stereocenters. The van der Waals surface area contributed by atoms with Gasteiger partial charge in [0.2, 0.25) is 5.91 Å². The molecule has 1 aromatic rings. The second-order valence-corrected chi connectivity index (χ2v) is 3.79. The van der Waals surface area contributed by atoms with Crippen molar-refractivity contribution in [3.8, 4) is 0 Å². The second-order valence-electron chi connectivity index (χ2n) is 3.79. The number of nitrogens with one attached hydrogen (secondary N) is 1. The molecule has 16 heavy (non-hydrogen) atoms. The average molecular weight is 221 g/mol. The van der Waals surface area contributed by atoms with Gasteiger partial charge in [-0.1, -0.05) is 30.3 Å². The third-order valence-electron chi connectivity index (χ3n) is 2.27. The summed E-state index contributed by atoms with van der Waals surface area (Å²) in [6.07, 6.45) is 1.13. The van der Waals surface area contributed by atoms with Gasteiger partial charge in [0.1, 0.15) is 0 Å². The molecule has 1 rings (SSSR count). The molecule has 0 heterocycles. The van der Waals surface area contributed by atoms with E-state index in [1.807, 2.05) is 30.3 Å². The Balaban J connectivity index is 2.26. The Kier molecular flexibility index (Phi) is 5.53. The van der Waals surface area contributed by atoms with Crippen molar-refractivity contribution in [3.63, 3.8) is 0 Å². The van der Waals surface area contributed by atoms with E-state index in [-0.39, 0.29) is 11.9 Å². The van der Waals surface area contributed by atoms with Gasteiger partial charge in [-0.3, -0.25) is 4.79 Å². The van der Waals surface area contributed by atoms with E-state index in [1.165, 1.54) is 5.56 Å². The minimum atomic E-state index is -0.0517. The second kappa shape index (κ2) is 6.98. The summed E-state index contributed by atoms with van der Waals surface area (Å²) in [7, 11) is 0. The zero-order chi connectivity index (χ0) is 11.8. The summed E-state index contributed by atoms with van der Waals surface area (Å²) in [5, 5.41) is 2.76. The molecule has 4 heteroatoms. The van der Waals surface area contributed by atoms with Gasteiger partial charge in [-0.15, -0.1) is 0 Å². The quantitative estimate of drug-likeness (QED) is 0.633. The summed E-state index contributed by atoms with van der Waals surface area (Å²) >= 11 is 0. The SMILES string of the molecule is NCCC(=O)NC[C@H](N)Cc1ccccc1. The van der Waals surface area contributed by atoms with Crippen molar-refractivity contribution in [2.24, 2.45) is 11.5 Å². The normalized spacial score (nSPS) is 12.1. The van der Waals surface area contributed by atoms with Gasteiger partial charge in [-0.2, -0.15) is 0 Å². The van der Waals surface area contributed by atoms with Crippen LogP contribution >= 0.6 is 0 Å². The van der Waals surface area contributed by atoms with E-state index >= 15 is 0 Å². The lowest BCUT2D eigenvalue weighted by atomic mass is 10.1. The van der Waals surface area contributed by atoms with Crippen LogP contribution in [0.15, 0.2) is 30.3 Å². The minimum Gasteiger partial charge on any atom is -0.354 e. The number of carbonyl (C=O) groups is 1. The molecule has 0 aliphatic rings. The molecule has 5 N–H and O–H groups in total. The summed E-state index contributed by atoms with van der Waals surface area (Å²) in [5.74, 6) is -0.0361. The minimum absolute atomic E-state index is 0.0361. The van der Waals surface area contributed by atoms with E-state index < -0.39 is 0 Å². The zero-order valence-electron chi connectivity index (χ0n) is 9.36. The maximum absolute atomic E-state index is 11.2. The van der Waals surface area contributed by atoms with Crippen LogP contribution in [0.3, 0.4) is 0 Å². The standard InChI is InChI=1S/C12H19N3O/c13-7-6-12(16)15-9-11(14)8-10-4-2-1-3-5-10/h1-5,11H,6-9,13-14H2,(H,15,16)/t11-/m1/s1. The van der Waals surface area contributed by atoms with Crippen molar-refractivity contribution in [2.45, 2.75) is 18.9 Å². The molecule has 0 aliphatic heterocycles. The van der Waals surface area contributed by atoms with Gasteiger partial charge in [-0.25, -0.2) is 0 Å². The highest BCUT2D eigenvalue weighted by Gasteiger charge is 2.05. The van der Waals surface area contributed by atoms with Gasteiger partial charge in [0.25, 0.3) is 0 Å². The van der Waals surface area contributed by atoms with Crippen LogP contribution in [0, 0.1) is 0 Å². The fraction of sp³-hybridized carbons (Fsp3) is 0.417. The molecule has 0 spiro atoms. The number of nitrogens with two attached hydrogens (primary N) is 2. The van der Waals surface area contributed by atoms with Crippen molar-refractivity contribution in [1.29, 1.82) is 0 Å². The Morgan fingerprint density at radius 3 is 2.62 bits per heavy atom. The number of amides is 1. The molecule has 0 aliphatic carbocycles. The van der Waals surface area contributed by atoms with Gasteiger partial charge in [0, 0.05) is 25.6 Å². The Morgan fingerprint density at radius 1 is 1.31 bits per heavy atom. The van der Waals surface area contributed by atoms with Crippen molar-refractivity contribution >= 4 is 5.91 Å². The molecule has 0 aromatic heterocycles. The van der Waals surface area contributed by atoms with E-state index in [1.54, 1.807) is 0 Å². The average Bonchev–Trinajstić information content (AvgIpc) is 2.28. The van der Waals surface area contributed by atoms with Crippen LogP contribution < -0.4 is 16.8 Å². The zero-order valence-corrected chi connectivity index (χ0v) is 9.36. The van der Waals surface area contributed by atoms with Crippen molar-refractivity contribution < 1.29 is 4.79 Å². The van der Waals surface area contributed by atoms with Crippen LogP contribution in [0.4, 0.5) is 0 Å². The van der Waals surface area contributed by atoms with E-state index in [4.69, 9.17) is 11.5 Å². The fourth-order valence-electron chi connectivity index (χ4n) is 1.45. The van der Waals surface area contributed by atoms with Gasteiger partial charge in [0.05, 0.1) is 0 Å². The van der Waals surface area contributed by atoms with Crippen LogP contribution in [0.2, 0.25) is 0 Å². The molecule has 1 atom stereocenters. The van der Waals surface area contributed by atoms with Gasteiger partial charge in [0.15, 0.2) is 0 Å². The molecule has 1 aromatic carbocycles.